The van der Waals surface area contributed by atoms with Crippen LogP contribution in [0.5, 0.6) is 5.75 Å². The third-order valence-corrected chi connectivity index (χ3v) is 5.33. The zero-order valence-electron chi connectivity index (χ0n) is 17.8. The number of hydrogen-bond donors (Lipinski definition) is 3. The van der Waals surface area contributed by atoms with Crippen LogP contribution in [0.4, 0.5) is 4.79 Å². The molecule has 1 aliphatic heterocycles. The number of H-pyrrole nitrogens is 1. The van der Waals surface area contributed by atoms with Crippen molar-refractivity contribution >= 4 is 22.9 Å². The Kier molecular flexibility index (Phi) is 6.39. The molecule has 4 rings (SSSR count). The lowest BCUT2D eigenvalue weighted by atomic mass is 10.0. The van der Waals surface area contributed by atoms with Gasteiger partial charge < -0.3 is 25.1 Å². The first-order valence-electron chi connectivity index (χ1n) is 10.5. The van der Waals surface area contributed by atoms with Crippen LogP contribution in [-0.2, 0) is 22.6 Å². The standard InChI is InChI=1S/C24H25N3O5/c1-15-11-17-12-18(32-23(17)19-7-8-21(29)27-22(15)19)13-26-20(28)9-10-25-24(30)31-14-16-5-3-2-4-6-16/h2-8,11,18H,9-10,12-14H2,1H3,(H,25,30)(H,26,28)(H,27,29). The van der Waals surface area contributed by atoms with Crippen LogP contribution in [0.2, 0.25) is 0 Å². The van der Waals surface area contributed by atoms with E-state index in [1.165, 1.54) is 6.07 Å². The first-order valence-corrected chi connectivity index (χ1v) is 10.5. The van der Waals surface area contributed by atoms with Crippen LogP contribution in [0.1, 0.15) is 23.1 Å². The number of aromatic amines is 1. The van der Waals surface area contributed by atoms with Crippen molar-refractivity contribution in [3.63, 3.8) is 0 Å². The summed E-state index contributed by atoms with van der Waals surface area (Å²) < 4.78 is 11.2. The topological polar surface area (TPSA) is 110 Å². The number of aryl methyl sites for hydroxylation is 1. The summed E-state index contributed by atoms with van der Waals surface area (Å²) in [5.74, 6) is 0.571. The van der Waals surface area contributed by atoms with Gasteiger partial charge in [0.25, 0.3) is 0 Å². The minimum atomic E-state index is -0.559. The summed E-state index contributed by atoms with van der Waals surface area (Å²) >= 11 is 0. The predicted molar refractivity (Wildman–Crippen MR) is 120 cm³/mol. The molecule has 1 atom stereocenters. The van der Waals surface area contributed by atoms with Gasteiger partial charge in [-0.05, 0) is 29.7 Å². The van der Waals surface area contributed by atoms with Crippen LogP contribution < -0.4 is 20.9 Å². The van der Waals surface area contributed by atoms with Gasteiger partial charge in [0.1, 0.15) is 18.5 Å². The highest BCUT2D eigenvalue weighted by Crippen LogP contribution is 2.36. The maximum Gasteiger partial charge on any atom is 0.407 e. The van der Waals surface area contributed by atoms with Crippen molar-refractivity contribution in [1.29, 1.82) is 0 Å². The van der Waals surface area contributed by atoms with Crippen molar-refractivity contribution in [2.75, 3.05) is 13.1 Å². The van der Waals surface area contributed by atoms with Crippen molar-refractivity contribution in [3.05, 3.63) is 75.6 Å². The second-order valence-electron chi connectivity index (χ2n) is 7.78. The number of pyridine rings is 1. The van der Waals surface area contributed by atoms with Gasteiger partial charge in [-0.2, -0.15) is 0 Å². The van der Waals surface area contributed by atoms with Gasteiger partial charge in [-0.3, -0.25) is 9.59 Å². The van der Waals surface area contributed by atoms with Crippen LogP contribution in [0, 0.1) is 6.92 Å². The van der Waals surface area contributed by atoms with Crippen molar-refractivity contribution in [3.8, 4) is 5.75 Å². The van der Waals surface area contributed by atoms with Crippen LogP contribution in [-0.4, -0.2) is 36.2 Å². The molecule has 3 N–H and O–H groups in total. The Morgan fingerprint density at radius 1 is 1.16 bits per heavy atom. The number of amides is 2. The molecule has 2 heterocycles. The number of nitrogens with one attached hydrogen (secondary N) is 3. The largest absolute Gasteiger partial charge is 0.487 e. The summed E-state index contributed by atoms with van der Waals surface area (Å²) in [4.78, 5) is 38.4. The van der Waals surface area contributed by atoms with Gasteiger partial charge in [0, 0.05) is 30.8 Å². The molecule has 1 aromatic heterocycles. The molecule has 0 aliphatic carbocycles. The Balaban J connectivity index is 1.20. The Bertz CT molecular complexity index is 1190. The molecule has 32 heavy (non-hydrogen) atoms. The van der Waals surface area contributed by atoms with E-state index in [1.807, 2.05) is 43.3 Å². The fourth-order valence-electron chi connectivity index (χ4n) is 3.77. The molecule has 0 radical (unpaired) electrons. The summed E-state index contributed by atoms with van der Waals surface area (Å²) in [6, 6.07) is 14.6. The Hall–Kier alpha value is -3.81. The molecule has 0 saturated heterocycles. The molecule has 0 fully saturated rings. The van der Waals surface area contributed by atoms with Crippen LogP contribution in [0.15, 0.2) is 53.3 Å². The normalized spacial score (nSPS) is 14.5. The van der Waals surface area contributed by atoms with Gasteiger partial charge in [-0.15, -0.1) is 0 Å². The highest BCUT2D eigenvalue weighted by Gasteiger charge is 2.26. The van der Waals surface area contributed by atoms with E-state index in [9.17, 15) is 14.4 Å². The van der Waals surface area contributed by atoms with Gasteiger partial charge in [0.2, 0.25) is 11.5 Å². The van der Waals surface area contributed by atoms with Crippen molar-refractivity contribution < 1.29 is 19.1 Å². The molecule has 2 aromatic carbocycles. The monoisotopic (exact) mass is 435 g/mol. The fraction of sp³-hybridized carbons (Fsp3) is 0.292. The van der Waals surface area contributed by atoms with Gasteiger partial charge >= 0.3 is 6.09 Å². The smallest absolute Gasteiger partial charge is 0.407 e. The number of alkyl carbamates (subject to hydrolysis) is 1. The lowest BCUT2D eigenvalue weighted by Gasteiger charge is -2.13. The third kappa shape index (κ3) is 5.08. The summed E-state index contributed by atoms with van der Waals surface area (Å²) in [5.41, 5.74) is 3.55. The molecule has 2 amide bonds. The number of fused-ring (bicyclic) bond motifs is 3. The molecule has 0 bridgehead atoms. The number of aromatic nitrogens is 1. The van der Waals surface area contributed by atoms with Crippen molar-refractivity contribution in [1.82, 2.24) is 15.6 Å². The highest BCUT2D eigenvalue weighted by atomic mass is 16.5. The van der Waals surface area contributed by atoms with Crippen molar-refractivity contribution in [2.24, 2.45) is 0 Å². The van der Waals surface area contributed by atoms with E-state index in [-0.39, 0.29) is 37.1 Å². The number of carbonyl (C=O) groups excluding carboxylic acids is 2. The number of hydrogen-bond acceptors (Lipinski definition) is 5. The zero-order valence-corrected chi connectivity index (χ0v) is 17.8. The Labute approximate surface area is 184 Å². The minimum Gasteiger partial charge on any atom is -0.487 e. The molecule has 0 saturated carbocycles. The highest BCUT2D eigenvalue weighted by molar-refractivity contribution is 5.89. The molecular weight excluding hydrogens is 410 g/mol. The van der Waals surface area contributed by atoms with Crippen molar-refractivity contribution in [2.45, 2.75) is 32.5 Å². The van der Waals surface area contributed by atoms with Crippen LogP contribution in [0.25, 0.3) is 10.9 Å². The molecule has 1 unspecified atom stereocenters. The molecule has 8 nitrogen and oxygen atoms in total. The summed E-state index contributed by atoms with van der Waals surface area (Å²) in [7, 11) is 0. The fourth-order valence-corrected chi connectivity index (χ4v) is 3.77. The maximum absolute atomic E-state index is 12.1. The average Bonchev–Trinajstić information content (AvgIpc) is 3.20. The van der Waals surface area contributed by atoms with E-state index in [2.05, 4.69) is 15.6 Å². The van der Waals surface area contributed by atoms with E-state index < -0.39 is 6.09 Å². The number of ether oxygens (including phenoxy) is 2. The first-order chi connectivity index (χ1) is 15.5. The van der Waals surface area contributed by atoms with E-state index in [1.54, 1.807) is 6.07 Å². The molecule has 1 aliphatic rings. The zero-order chi connectivity index (χ0) is 22.5. The van der Waals surface area contributed by atoms with Gasteiger partial charge in [0.15, 0.2) is 0 Å². The van der Waals surface area contributed by atoms with E-state index in [4.69, 9.17) is 9.47 Å². The second-order valence-corrected chi connectivity index (χ2v) is 7.78. The van der Waals surface area contributed by atoms with Gasteiger partial charge in [-0.25, -0.2) is 4.79 Å². The number of rotatable bonds is 7. The van der Waals surface area contributed by atoms with Gasteiger partial charge in [-0.1, -0.05) is 36.4 Å². The average molecular weight is 435 g/mol. The van der Waals surface area contributed by atoms with Gasteiger partial charge in [0.05, 0.1) is 12.1 Å². The predicted octanol–water partition coefficient (Wildman–Crippen LogP) is 2.57. The summed E-state index contributed by atoms with van der Waals surface area (Å²) in [6.07, 6.45) is 0.0741. The summed E-state index contributed by atoms with van der Waals surface area (Å²) in [6.45, 7) is 2.67. The minimum absolute atomic E-state index is 0.142. The Morgan fingerprint density at radius 3 is 2.78 bits per heavy atom. The van der Waals surface area contributed by atoms with Crippen LogP contribution in [0.3, 0.4) is 0 Å². The molecule has 8 heteroatoms. The van der Waals surface area contributed by atoms with Crippen LogP contribution >= 0.6 is 0 Å². The van der Waals surface area contributed by atoms with E-state index >= 15 is 0 Å². The van der Waals surface area contributed by atoms with E-state index in [0.29, 0.717) is 13.0 Å². The molecular formula is C24H25N3O5. The Morgan fingerprint density at radius 2 is 1.97 bits per heavy atom. The number of carbonyl (C=O) groups is 2. The SMILES string of the molecule is Cc1cc2c(c3ccc(=O)[nH]c13)OC(CNC(=O)CCNC(=O)OCc1ccccc1)C2. The third-order valence-electron chi connectivity index (χ3n) is 5.33. The maximum atomic E-state index is 12.1. The quantitative estimate of drug-likeness (QED) is 0.529. The number of benzene rings is 2. The molecule has 3 aromatic rings. The lowest BCUT2D eigenvalue weighted by molar-refractivity contribution is -0.121. The first kappa shape index (κ1) is 21.4. The molecule has 166 valence electrons. The lowest BCUT2D eigenvalue weighted by Crippen LogP contribution is -2.36. The second kappa shape index (κ2) is 9.55. The van der Waals surface area contributed by atoms with E-state index in [0.717, 1.165) is 33.3 Å². The molecule has 0 spiro atoms. The summed E-state index contributed by atoms with van der Waals surface area (Å²) in [5, 5.41) is 6.29.